The summed E-state index contributed by atoms with van der Waals surface area (Å²) >= 11 is 0. The minimum atomic E-state index is -0.337. The van der Waals surface area contributed by atoms with Crippen LogP contribution in [0.2, 0.25) is 0 Å². The number of para-hydroxylation sites is 1. The van der Waals surface area contributed by atoms with Gasteiger partial charge in [-0.15, -0.1) is 12.4 Å². The zero-order chi connectivity index (χ0) is 21.3. The Hall–Kier alpha value is -3.12. The second kappa shape index (κ2) is 11.9. The molecule has 1 saturated heterocycles. The smallest absolute Gasteiger partial charge is 0.311 e. The van der Waals surface area contributed by atoms with Gasteiger partial charge >= 0.3 is 5.97 Å². The quantitative estimate of drug-likeness (QED) is 0.167. The molecule has 164 valence electrons. The van der Waals surface area contributed by atoms with E-state index in [2.05, 4.69) is 0 Å². The molecule has 2 aromatic rings. The Morgan fingerprint density at radius 1 is 1.06 bits per heavy atom. The fourth-order valence-electron chi connectivity index (χ4n) is 3.54. The van der Waals surface area contributed by atoms with Gasteiger partial charge in [-0.3, -0.25) is 15.0 Å². The lowest BCUT2D eigenvalue weighted by molar-refractivity contribution is -0.134. The van der Waals surface area contributed by atoms with Crippen LogP contribution < -0.4 is 10.5 Å². The van der Waals surface area contributed by atoms with Crippen LogP contribution in [0, 0.1) is 11.3 Å². The highest BCUT2D eigenvalue weighted by Gasteiger charge is 2.21. The zero-order valence-electron chi connectivity index (χ0n) is 17.3. The molecule has 0 aliphatic carbocycles. The standard InChI is InChI=1S/C24H27N3O3.ClH/c25-24(26)27-16-14-19(15-17-27)11-13-23(29)30-22-9-5-4-8-20(22)21(28)12-10-18-6-2-1-3-7-18;/h1-10,12,19H,11,13-17H2,(H3,25,26);1H. The number of hydrogen-bond donors (Lipinski definition) is 2. The van der Waals surface area contributed by atoms with E-state index in [1.165, 1.54) is 6.08 Å². The molecular weight excluding hydrogens is 414 g/mol. The number of carbonyl (C=O) groups excluding carboxylic acids is 2. The van der Waals surface area contributed by atoms with E-state index in [4.69, 9.17) is 15.9 Å². The molecule has 0 bridgehead atoms. The number of halogens is 1. The van der Waals surface area contributed by atoms with Crippen LogP contribution in [-0.4, -0.2) is 35.7 Å². The van der Waals surface area contributed by atoms with Crippen molar-refractivity contribution in [2.45, 2.75) is 25.7 Å². The summed E-state index contributed by atoms with van der Waals surface area (Å²) in [4.78, 5) is 26.8. The minimum absolute atomic E-state index is 0. The van der Waals surface area contributed by atoms with Gasteiger partial charge in [0.25, 0.3) is 0 Å². The van der Waals surface area contributed by atoms with Crippen molar-refractivity contribution in [1.82, 2.24) is 4.90 Å². The van der Waals surface area contributed by atoms with Crippen molar-refractivity contribution in [1.29, 1.82) is 5.41 Å². The van der Waals surface area contributed by atoms with Crippen molar-refractivity contribution in [3.05, 3.63) is 71.8 Å². The number of nitrogens with two attached hydrogens (primary N) is 1. The topological polar surface area (TPSA) is 96.5 Å². The van der Waals surface area contributed by atoms with Crippen molar-refractivity contribution < 1.29 is 14.3 Å². The van der Waals surface area contributed by atoms with Crippen LogP contribution in [0.5, 0.6) is 5.75 Å². The van der Waals surface area contributed by atoms with Gasteiger partial charge in [0.1, 0.15) is 5.75 Å². The van der Waals surface area contributed by atoms with E-state index in [0.717, 1.165) is 37.9 Å². The molecule has 6 nitrogen and oxygen atoms in total. The number of guanidine groups is 1. The van der Waals surface area contributed by atoms with Crippen LogP contribution in [-0.2, 0) is 4.79 Å². The summed E-state index contributed by atoms with van der Waals surface area (Å²) in [6.45, 7) is 1.50. The number of hydrogen-bond acceptors (Lipinski definition) is 4. The van der Waals surface area contributed by atoms with Crippen LogP contribution in [0.25, 0.3) is 6.08 Å². The molecule has 1 fully saturated rings. The van der Waals surface area contributed by atoms with E-state index >= 15 is 0 Å². The maximum atomic E-state index is 12.6. The molecule has 1 aliphatic rings. The number of carbonyl (C=O) groups is 2. The Kier molecular flexibility index (Phi) is 9.28. The van der Waals surface area contributed by atoms with Crippen LogP contribution in [0.3, 0.4) is 0 Å². The highest BCUT2D eigenvalue weighted by Crippen LogP contribution is 2.24. The number of ketones is 1. The normalized spacial score (nSPS) is 14.1. The summed E-state index contributed by atoms with van der Waals surface area (Å²) in [5, 5.41) is 7.48. The highest BCUT2D eigenvalue weighted by atomic mass is 35.5. The number of benzene rings is 2. The molecule has 0 spiro atoms. The van der Waals surface area contributed by atoms with Gasteiger partial charge in [0.05, 0.1) is 5.56 Å². The molecule has 3 rings (SSSR count). The molecule has 0 atom stereocenters. The Balaban J connectivity index is 0.00000341. The lowest BCUT2D eigenvalue weighted by Crippen LogP contribution is -2.42. The first kappa shape index (κ1) is 24.2. The number of rotatable bonds is 7. The minimum Gasteiger partial charge on any atom is -0.426 e. The van der Waals surface area contributed by atoms with Crippen LogP contribution in [0.4, 0.5) is 0 Å². The molecule has 0 aromatic heterocycles. The molecule has 0 saturated carbocycles. The summed E-state index contributed by atoms with van der Waals surface area (Å²) < 4.78 is 5.51. The molecule has 3 N–H and O–H groups in total. The molecule has 2 aromatic carbocycles. The predicted octanol–water partition coefficient (Wildman–Crippen LogP) is 4.30. The molecule has 1 aliphatic heterocycles. The SMILES string of the molecule is Cl.N=C(N)N1CCC(CCC(=O)Oc2ccccc2C(=O)C=Cc2ccccc2)CC1. The first-order chi connectivity index (χ1) is 14.5. The van der Waals surface area contributed by atoms with Crippen molar-refractivity contribution >= 4 is 36.2 Å². The van der Waals surface area contributed by atoms with Gasteiger partial charge in [-0.25, -0.2) is 0 Å². The van der Waals surface area contributed by atoms with Gasteiger partial charge in [-0.1, -0.05) is 48.5 Å². The first-order valence-corrected chi connectivity index (χ1v) is 10.2. The molecule has 0 unspecified atom stereocenters. The average molecular weight is 442 g/mol. The van der Waals surface area contributed by atoms with Gasteiger partial charge in [0.2, 0.25) is 0 Å². The number of nitrogens with one attached hydrogen (secondary N) is 1. The monoisotopic (exact) mass is 441 g/mol. The van der Waals surface area contributed by atoms with E-state index in [1.807, 2.05) is 35.2 Å². The van der Waals surface area contributed by atoms with Crippen molar-refractivity contribution in [2.24, 2.45) is 11.7 Å². The number of likely N-dealkylation sites (tertiary alicyclic amines) is 1. The van der Waals surface area contributed by atoms with Crippen LogP contribution in [0.15, 0.2) is 60.7 Å². The number of piperidine rings is 1. The van der Waals surface area contributed by atoms with Crippen molar-refractivity contribution in [2.75, 3.05) is 13.1 Å². The molecule has 7 heteroatoms. The number of nitrogens with zero attached hydrogens (tertiary/aromatic N) is 1. The van der Waals surface area contributed by atoms with E-state index in [9.17, 15) is 9.59 Å². The van der Waals surface area contributed by atoms with Gasteiger partial charge in [-0.05, 0) is 49.0 Å². The van der Waals surface area contributed by atoms with E-state index in [1.54, 1.807) is 30.3 Å². The Morgan fingerprint density at radius 3 is 2.39 bits per heavy atom. The van der Waals surface area contributed by atoms with Gasteiger partial charge in [0, 0.05) is 19.5 Å². The van der Waals surface area contributed by atoms with Crippen LogP contribution in [0.1, 0.15) is 41.6 Å². The summed E-state index contributed by atoms with van der Waals surface area (Å²) in [6.07, 6.45) is 6.08. The van der Waals surface area contributed by atoms with Crippen molar-refractivity contribution in [3.8, 4) is 5.75 Å². The van der Waals surface area contributed by atoms with E-state index in [0.29, 0.717) is 17.9 Å². The molecule has 0 radical (unpaired) electrons. The second-order valence-corrected chi connectivity index (χ2v) is 7.43. The maximum Gasteiger partial charge on any atom is 0.311 e. The molecule has 0 amide bonds. The van der Waals surface area contributed by atoms with Crippen LogP contribution >= 0.6 is 12.4 Å². The Labute approximate surface area is 189 Å². The fourth-order valence-corrected chi connectivity index (χ4v) is 3.54. The third-order valence-corrected chi connectivity index (χ3v) is 5.31. The second-order valence-electron chi connectivity index (χ2n) is 7.43. The van der Waals surface area contributed by atoms with Crippen molar-refractivity contribution in [3.63, 3.8) is 0 Å². The largest absolute Gasteiger partial charge is 0.426 e. The molecular formula is C24H28ClN3O3. The predicted molar refractivity (Wildman–Crippen MR) is 125 cm³/mol. The lowest BCUT2D eigenvalue weighted by atomic mass is 9.92. The summed E-state index contributed by atoms with van der Waals surface area (Å²) in [7, 11) is 0. The lowest BCUT2D eigenvalue weighted by Gasteiger charge is -2.31. The third-order valence-electron chi connectivity index (χ3n) is 5.31. The summed E-state index contributed by atoms with van der Waals surface area (Å²) in [5.74, 6) is 0.265. The Morgan fingerprint density at radius 2 is 1.71 bits per heavy atom. The third kappa shape index (κ3) is 7.26. The number of allylic oxidation sites excluding steroid dienone is 1. The highest BCUT2D eigenvalue weighted by molar-refractivity contribution is 6.08. The molecule has 1 heterocycles. The zero-order valence-corrected chi connectivity index (χ0v) is 18.1. The average Bonchev–Trinajstić information content (AvgIpc) is 2.77. The van der Waals surface area contributed by atoms with Gasteiger partial charge in [-0.2, -0.15) is 0 Å². The van der Waals surface area contributed by atoms with E-state index < -0.39 is 0 Å². The summed E-state index contributed by atoms with van der Waals surface area (Å²) in [5.41, 5.74) is 6.81. The van der Waals surface area contributed by atoms with Gasteiger partial charge in [0.15, 0.2) is 11.7 Å². The number of ether oxygens (including phenoxy) is 1. The maximum absolute atomic E-state index is 12.6. The number of esters is 1. The summed E-state index contributed by atoms with van der Waals surface area (Å²) in [6, 6.07) is 16.4. The van der Waals surface area contributed by atoms with E-state index in [-0.39, 0.29) is 35.9 Å². The Bertz CT molecular complexity index is 923. The van der Waals surface area contributed by atoms with Gasteiger partial charge < -0.3 is 15.4 Å². The fraction of sp³-hybridized carbons (Fsp3) is 0.292. The molecule has 31 heavy (non-hydrogen) atoms. The first-order valence-electron chi connectivity index (χ1n) is 10.2.